The van der Waals surface area contributed by atoms with Crippen molar-refractivity contribution in [2.24, 2.45) is 4.99 Å². The second-order valence-electron chi connectivity index (χ2n) is 3.68. The van der Waals surface area contributed by atoms with Crippen molar-refractivity contribution in [3.8, 4) is 0 Å². The monoisotopic (exact) mass is 258 g/mol. The second kappa shape index (κ2) is 5.06. The van der Waals surface area contributed by atoms with Crippen LogP contribution in [0, 0.1) is 5.82 Å². The molecule has 0 aliphatic carbocycles. The molecule has 1 unspecified atom stereocenters. The SMILES string of the molecule is CC1CN=C(NCc2ccc(F)c(Cl)c2)S1. The maximum absolute atomic E-state index is 12.9. The maximum Gasteiger partial charge on any atom is 0.157 e. The maximum atomic E-state index is 12.9. The van der Waals surface area contributed by atoms with Gasteiger partial charge < -0.3 is 5.32 Å². The molecule has 1 heterocycles. The van der Waals surface area contributed by atoms with Crippen LogP contribution in [0.4, 0.5) is 4.39 Å². The van der Waals surface area contributed by atoms with E-state index in [1.807, 2.05) is 0 Å². The van der Waals surface area contributed by atoms with E-state index in [9.17, 15) is 4.39 Å². The van der Waals surface area contributed by atoms with E-state index in [0.717, 1.165) is 17.3 Å². The molecule has 2 nitrogen and oxygen atoms in total. The predicted molar refractivity (Wildman–Crippen MR) is 67.6 cm³/mol. The van der Waals surface area contributed by atoms with Crippen LogP contribution in [0.5, 0.6) is 0 Å². The fraction of sp³-hybridized carbons (Fsp3) is 0.364. The molecule has 2 rings (SSSR count). The van der Waals surface area contributed by atoms with Gasteiger partial charge in [0.1, 0.15) is 5.82 Å². The van der Waals surface area contributed by atoms with Crippen molar-refractivity contribution < 1.29 is 4.39 Å². The fourth-order valence-electron chi connectivity index (χ4n) is 1.40. The van der Waals surface area contributed by atoms with Crippen LogP contribution in [-0.2, 0) is 6.54 Å². The van der Waals surface area contributed by atoms with E-state index in [1.165, 1.54) is 6.07 Å². The molecule has 1 aliphatic rings. The third-order valence-corrected chi connectivity index (χ3v) is 3.57. The highest BCUT2D eigenvalue weighted by Gasteiger charge is 2.14. The molecule has 1 aliphatic heterocycles. The second-order valence-corrected chi connectivity index (χ2v) is 5.51. The Bertz CT molecular complexity index is 422. The lowest BCUT2D eigenvalue weighted by molar-refractivity contribution is 0.627. The van der Waals surface area contributed by atoms with Crippen molar-refractivity contribution in [3.05, 3.63) is 34.6 Å². The Labute approximate surface area is 103 Å². The van der Waals surface area contributed by atoms with E-state index in [1.54, 1.807) is 23.9 Å². The van der Waals surface area contributed by atoms with E-state index >= 15 is 0 Å². The lowest BCUT2D eigenvalue weighted by Crippen LogP contribution is -2.18. The number of amidine groups is 1. The van der Waals surface area contributed by atoms with Gasteiger partial charge >= 0.3 is 0 Å². The lowest BCUT2D eigenvalue weighted by Gasteiger charge is -2.06. The summed E-state index contributed by atoms with van der Waals surface area (Å²) in [5.74, 6) is -0.383. The molecule has 0 aromatic heterocycles. The number of aliphatic imine (C=N–C) groups is 1. The van der Waals surface area contributed by atoms with E-state index in [0.29, 0.717) is 11.8 Å². The molecule has 1 N–H and O–H groups in total. The van der Waals surface area contributed by atoms with Gasteiger partial charge in [-0.15, -0.1) is 0 Å². The van der Waals surface area contributed by atoms with E-state index in [4.69, 9.17) is 11.6 Å². The summed E-state index contributed by atoms with van der Waals surface area (Å²) in [6, 6.07) is 4.73. The van der Waals surface area contributed by atoms with E-state index < -0.39 is 0 Å². The Hall–Kier alpha value is -0.740. The first kappa shape index (κ1) is 11.7. The molecular weight excluding hydrogens is 247 g/mol. The molecule has 5 heteroatoms. The quantitative estimate of drug-likeness (QED) is 0.882. The van der Waals surface area contributed by atoms with Crippen LogP contribution in [0.2, 0.25) is 5.02 Å². The molecular formula is C11H12ClFN2S. The van der Waals surface area contributed by atoms with Gasteiger partial charge in [-0.05, 0) is 17.7 Å². The number of thioether (sulfide) groups is 1. The summed E-state index contributed by atoms with van der Waals surface area (Å²) in [6.45, 7) is 3.62. The molecule has 0 amide bonds. The Morgan fingerprint density at radius 2 is 2.44 bits per heavy atom. The van der Waals surface area contributed by atoms with Crippen LogP contribution in [0.15, 0.2) is 23.2 Å². The van der Waals surface area contributed by atoms with Crippen molar-refractivity contribution in [3.63, 3.8) is 0 Å². The summed E-state index contributed by atoms with van der Waals surface area (Å²) in [6.07, 6.45) is 0. The van der Waals surface area contributed by atoms with E-state index in [-0.39, 0.29) is 10.8 Å². The average molecular weight is 259 g/mol. The van der Waals surface area contributed by atoms with Gasteiger partial charge in [0.15, 0.2) is 5.17 Å². The zero-order valence-corrected chi connectivity index (χ0v) is 10.4. The van der Waals surface area contributed by atoms with E-state index in [2.05, 4.69) is 17.2 Å². The Morgan fingerprint density at radius 3 is 3.06 bits per heavy atom. The number of hydrogen-bond acceptors (Lipinski definition) is 3. The van der Waals surface area contributed by atoms with Gasteiger partial charge in [0.2, 0.25) is 0 Å². The zero-order valence-electron chi connectivity index (χ0n) is 8.84. The largest absolute Gasteiger partial charge is 0.361 e. The molecule has 0 spiro atoms. The molecule has 0 radical (unpaired) electrons. The van der Waals surface area contributed by atoms with Crippen LogP contribution in [-0.4, -0.2) is 17.0 Å². The van der Waals surface area contributed by atoms with Gasteiger partial charge in [0.25, 0.3) is 0 Å². The van der Waals surface area contributed by atoms with Crippen LogP contribution in [0.1, 0.15) is 12.5 Å². The van der Waals surface area contributed by atoms with Crippen LogP contribution < -0.4 is 5.32 Å². The molecule has 86 valence electrons. The van der Waals surface area contributed by atoms with Gasteiger partial charge in [0.05, 0.1) is 11.6 Å². The Morgan fingerprint density at radius 1 is 1.62 bits per heavy atom. The first-order valence-electron chi connectivity index (χ1n) is 5.04. The number of nitrogens with zero attached hydrogens (tertiary/aromatic N) is 1. The number of rotatable bonds is 2. The van der Waals surface area contributed by atoms with Crippen LogP contribution >= 0.6 is 23.4 Å². The molecule has 0 saturated heterocycles. The van der Waals surface area contributed by atoms with Gasteiger partial charge in [0, 0.05) is 11.8 Å². The van der Waals surface area contributed by atoms with Crippen LogP contribution in [0.25, 0.3) is 0 Å². The summed E-state index contributed by atoms with van der Waals surface area (Å²) in [7, 11) is 0. The fourth-order valence-corrected chi connectivity index (χ4v) is 2.44. The highest BCUT2D eigenvalue weighted by atomic mass is 35.5. The molecule has 0 fully saturated rings. The molecule has 0 bridgehead atoms. The predicted octanol–water partition coefficient (Wildman–Crippen LogP) is 3.06. The Kier molecular flexibility index (Phi) is 3.71. The normalized spacial score (nSPS) is 19.7. The summed E-state index contributed by atoms with van der Waals surface area (Å²) in [4.78, 5) is 4.33. The summed E-state index contributed by atoms with van der Waals surface area (Å²) in [5, 5.41) is 4.86. The summed E-state index contributed by atoms with van der Waals surface area (Å²) in [5.41, 5.74) is 0.953. The molecule has 16 heavy (non-hydrogen) atoms. The number of halogens is 2. The zero-order chi connectivity index (χ0) is 11.5. The van der Waals surface area contributed by atoms with Crippen molar-refractivity contribution in [2.45, 2.75) is 18.7 Å². The smallest absolute Gasteiger partial charge is 0.157 e. The van der Waals surface area contributed by atoms with Crippen molar-refractivity contribution >= 4 is 28.5 Å². The van der Waals surface area contributed by atoms with Gasteiger partial charge in [-0.3, -0.25) is 4.99 Å². The minimum absolute atomic E-state index is 0.161. The van der Waals surface area contributed by atoms with Crippen molar-refractivity contribution in [1.82, 2.24) is 5.32 Å². The summed E-state index contributed by atoms with van der Waals surface area (Å²) >= 11 is 7.42. The van der Waals surface area contributed by atoms with Gasteiger partial charge in [-0.1, -0.05) is 36.4 Å². The molecule has 1 aromatic rings. The minimum atomic E-state index is -0.383. The first-order chi connectivity index (χ1) is 7.65. The highest BCUT2D eigenvalue weighted by molar-refractivity contribution is 8.14. The highest BCUT2D eigenvalue weighted by Crippen LogP contribution is 2.19. The standard InChI is InChI=1S/C11H12ClFN2S/c1-7-5-14-11(16-7)15-6-8-2-3-10(13)9(12)4-8/h2-4,7H,5-6H2,1H3,(H,14,15). The molecule has 0 saturated carbocycles. The Balaban J connectivity index is 1.92. The third-order valence-electron chi connectivity index (χ3n) is 2.23. The number of hydrogen-bond donors (Lipinski definition) is 1. The van der Waals surface area contributed by atoms with Gasteiger partial charge in [-0.25, -0.2) is 4.39 Å². The summed E-state index contributed by atoms with van der Waals surface area (Å²) < 4.78 is 12.9. The third kappa shape index (κ3) is 2.89. The number of benzene rings is 1. The average Bonchev–Trinajstić information content (AvgIpc) is 2.66. The lowest BCUT2D eigenvalue weighted by atomic mass is 10.2. The number of nitrogens with one attached hydrogen (secondary N) is 1. The molecule has 1 aromatic carbocycles. The first-order valence-corrected chi connectivity index (χ1v) is 6.30. The topological polar surface area (TPSA) is 24.4 Å². The molecule has 1 atom stereocenters. The van der Waals surface area contributed by atoms with Crippen molar-refractivity contribution in [2.75, 3.05) is 6.54 Å². The van der Waals surface area contributed by atoms with Crippen molar-refractivity contribution in [1.29, 1.82) is 0 Å². The van der Waals surface area contributed by atoms with Gasteiger partial charge in [-0.2, -0.15) is 0 Å². The minimum Gasteiger partial charge on any atom is -0.361 e. The van der Waals surface area contributed by atoms with Crippen LogP contribution in [0.3, 0.4) is 0 Å².